The molecule has 0 aliphatic heterocycles. The van der Waals surface area contributed by atoms with Crippen molar-refractivity contribution in [1.29, 1.82) is 0 Å². The number of carbonyl (C=O) groups excluding carboxylic acids is 1. The summed E-state index contributed by atoms with van der Waals surface area (Å²) in [5, 5.41) is 6.54. The first-order valence-electron chi connectivity index (χ1n) is 7.01. The fraction of sp³-hybridized carbons (Fsp3) is 0.714. The van der Waals surface area contributed by atoms with E-state index >= 15 is 0 Å². The van der Waals surface area contributed by atoms with Gasteiger partial charge >= 0.3 is 5.97 Å². The molecule has 0 saturated heterocycles. The number of nitrogens with one attached hydrogen (secondary N) is 2. The predicted octanol–water partition coefficient (Wildman–Crippen LogP) is 2.22. The number of hydrogen-bond donors (Lipinski definition) is 2. The molecule has 0 saturated carbocycles. The van der Waals surface area contributed by atoms with Gasteiger partial charge < -0.3 is 15.4 Å². The van der Waals surface area contributed by atoms with Gasteiger partial charge in [0, 0.05) is 12.6 Å². The third kappa shape index (κ3) is 8.39. The Morgan fingerprint density at radius 1 is 1.40 bits per heavy atom. The Morgan fingerprint density at radius 3 is 2.60 bits per heavy atom. The summed E-state index contributed by atoms with van der Waals surface area (Å²) in [5.41, 5.74) is 0. The Labute approximate surface area is 138 Å². The van der Waals surface area contributed by atoms with Crippen molar-refractivity contribution in [2.24, 2.45) is 4.99 Å². The molecule has 0 aromatic rings. The zero-order valence-corrected chi connectivity index (χ0v) is 14.8. The van der Waals surface area contributed by atoms with E-state index in [0.717, 1.165) is 25.3 Å². The van der Waals surface area contributed by atoms with E-state index in [1.807, 2.05) is 20.8 Å². The Balaban J connectivity index is 0.00000361. The van der Waals surface area contributed by atoms with Crippen molar-refractivity contribution < 1.29 is 9.53 Å². The van der Waals surface area contributed by atoms with E-state index in [0.29, 0.717) is 19.0 Å². The van der Waals surface area contributed by atoms with Gasteiger partial charge in [-0.2, -0.15) is 0 Å². The summed E-state index contributed by atoms with van der Waals surface area (Å²) >= 11 is 0. The molecule has 5 nitrogen and oxygen atoms in total. The molecule has 0 amide bonds. The molecule has 20 heavy (non-hydrogen) atoms. The van der Waals surface area contributed by atoms with Gasteiger partial charge in [-0.25, -0.2) is 0 Å². The number of carbonyl (C=O) groups is 1. The number of halogens is 1. The monoisotopic (exact) mass is 395 g/mol. The number of hydrogen-bond acceptors (Lipinski definition) is 3. The van der Waals surface area contributed by atoms with Crippen LogP contribution in [0.25, 0.3) is 0 Å². The Kier molecular flexibility index (Phi) is 10.5. The highest BCUT2D eigenvalue weighted by Gasteiger charge is 2.11. The van der Waals surface area contributed by atoms with E-state index in [1.54, 1.807) is 0 Å². The lowest BCUT2D eigenvalue weighted by Crippen LogP contribution is -2.42. The van der Waals surface area contributed by atoms with Crippen molar-refractivity contribution >= 4 is 35.9 Å². The van der Waals surface area contributed by atoms with E-state index < -0.39 is 0 Å². The first-order valence-corrected chi connectivity index (χ1v) is 7.01. The van der Waals surface area contributed by atoms with Crippen LogP contribution >= 0.6 is 24.0 Å². The molecule has 1 aliphatic rings. The predicted molar refractivity (Wildman–Crippen MR) is 92.5 cm³/mol. The van der Waals surface area contributed by atoms with E-state index in [2.05, 4.69) is 27.8 Å². The Bertz CT molecular complexity index is 335. The van der Waals surface area contributed by atoms with Gasteiger partial charge in [-0.1, -0.05) is 12.2 Å². The third-order valence-electron chi connectivity index (χ3n) is 2.65. The minimum atomic E-state index is -0.197. The molecule has 0 bridgehead atoms. The summed E-state index contributed by atoms with van der Waals surface area (Å²) in [7, 11) is 0. The smallest absolute Gasteiger partial charge is 0.307 e. The lowest BCUT2D eigenvalue weighted by Gasteiger charge is -2.16. The quantitative estimate of drug-likeness (QED) is 0.238. The molecule has 0 spiro atoms. The van der Waals surface area contributed by atoms with Crippen LogP contribution < -0.4 is 10.6 Å². The molecule has 0 radical (unpaired) electrons. The number of nitrogens with zero attached hydrogens (tertiary/aromatic N) is 1. The molecule has 0 atom stereocenters. The van der Waals surface area contributed by atoms with Crippen molar-refractivity contribution in [1.82, 2.24) is 10.6 Å². The summed E-state index contributed by atoms with van der Waals surface area (Å²) in [6.07, 6.45) is 6.65. The highest BCUT2D eigenvalue weighted by atomic mass is 127. The number of rotatable bonds is 6. The fourth-order valence-electron chi connectivity index (χ4n) is 1.83. The lowest BCUT2D eigenvalue weighted by atomic mass is 10.2. The van der Waals surface area contributed by atoms with E-state index in [-0.39, 0.29) is 36.0 Å². The van der Waals surface area contributed by atoms with Crippen LogP contribution in [0.5, 0.6) is 0 Å². The van der Waals surface area contributed by atoms with E-state index in [1.165, 1.54) is 0 Å². The fourth-order valence-corrected chi connectivity index (χ4v) is 1.83. The molecule has 0 aromatic heterocycles. The first kappa shape index (κ1) is 19.2. The zero-order valence-electron chi connectivity index (χ0n) is 12.5. The van der Waals surface area contributed by atoms with Crippen molar-refractivity contribution in [3.8, 4) is 0 Å². The highest BCUT2D eigenvalue weighted by Crippen LogP contribution is 2.08. The van der Waals surface area contributed by atoms with Crippen molar-refractivity contribution in [2.45, 2.75) is 52.2 Å². The van der Waals surface area contributed by atoms with Crippen LogP contribution in [0, 0.1) is 0 Å². The van der Waals surface area contributed by atoms with E-state index in [4.69, 9.17) is 4.74 Å². The average Bonchev–Trinajstić information content (AvgIpc) is 2.81. The summed E-state index contributed by atoms with van der Waals surface area (Å²) < 4.78 is 5.07. The zero-order chi connectivity index (χ0) is 14.1. The highest BCUT2D eigenvalue weighted by molar-refractivity contribution is 14.0. The van der Waals surface area contributed by atoms with Gasteiger partial charge in [0.15, 0.2) is 5.96 Å². The van der Waals surface area contributed by atoms with Crippen LogP contribution in [0.15, 0.2) is 17.1 Å². The van der Waals surface area contributed by atoms with Crippen LogP contribution in [0.1, 0.15) is 40.0 Å². The standard InChI is InChI=1S/C14H25N3O2.HI/c1-4-15-14(17-12-7-5-6-8-12)16-10-9-13(18)19-11(2)3;/h5-6,11-12H,4,7-10H2,1-3H3,(H2,15,16,17);1H. The van der Waals surface area contributed by atoms with Crippen molar-refractivity contribution in [3.05, 3.63) is 12.2 Å². The maximum Gasteiger partial charge on any atom is 0.307 e. The lowest BCUT2D eigenvalue weighted by molar-refractivity contribution is -0.147. The second kappa shape index (κ2) is 10.9. The molecule has 2 N–H and O–H groups in total. The van der Waals surface area contributed by atoms with Gasteiger partial charge in [0.1, 0.15) is 0 Å². The summed E-state index contributed by atoms with van der Waals surface area (Å²) in [6.45, 7) is 6.97. The van der Waals surface area contributed by atoms with Crippen LogP contribution in [0.2, 0.25) is 0 Å². The average molecular weight is 395 g/mol. The molecule has 0 heterocycles. The first-order chi connectivity index (χ1) is 9.11. The molecule has 0 aromatic carbocycles. The number of guanidine groups is 1. The van der Waals surface area contributed by atoms with Crippen LogP contribution in [-0.4, -0.2) is 37.2 Å². The van der Waals surface area contributed by atoms with Crippen LogP contribution in [0.3, 0.4) is 0 Å². The molecule has 6 heteroatoms. The van der Waals surface area contributed by atoms with E-state index in [9.17, 15) is 4.79 Å². The van der Waals surface area contributed by atoms with Gasteiger partial charge in [-0.15, -0.1) is 24.0 Å². The summed E-state index contributed by atoms with van der Waals surface area (Å²) in [6, 6.07) is 0.417. The van der Waals surface area contributed by atoms with Crippen molar-refractivity contribution in [3.63, 3.8) is 0 Å². The topological polar surface area (TPSA) is 62.7 Å². The third-order valence-corrected chi connectivity index (χ3v) is 2.65. The summed E-state index contributed by atoms with van der Waals surface area (Å²) in [5.74, 6) is 0.575. The number of esters is 1. The molecule has 116 valence electrons. The minimum absolute atomic E-state index is 0. The van der Waals surface area contributed by atoms with Gasteiger partial charge in [0.2, 0.25) is 0 Å². The van der Waals surface area contributed by atoms with Crippen molar-refractivity contribution in [2.75, 3.05) is 13.1 Å². The summed E-state index contributed by atoms with van der Waals surface area (Å²) in [4.78, 5) is 15.8. The maximum absolute atomic E-state index is 11.4. The molecular formula is C14H26IN3O2. The minimum Gasteiger partial charge on any atom is -0.463 e. The van der Waals surface area contributed by atoms with Gasteiger partial charge in [0.05, 0.1) is 19.1 Å². The van der Waals surface area contributed by atoms with Crippen LogP contribution in [0.4, 0.5) is 0 Å². The molecule has 1 aliphatic carbocycles. The normalized spacial score (nSPS) is 15.1. The van der Waals surface area contributed by atoms with Gasteiger partial charge in [-0.3, -0.25) is 9.79 Å². The SMILES string of the molecule is CCNC(=NCCC(=O)OC(C)C)NC1CC=CC1.I. The van der Waals surface area contributed by atoms with Crippen LogP contribution in [-0.2, 0) is 9.53 Å². The number of ether oxygens (including phenoxy) is 1. The Hall–Kier alpha value is -0.790. The Morgan fingerprint density at radius 2 is 2.05 bits per heavy atom. The largest absolute Gasteiger partial charge is 0.463 e. The van der Waals surface area contributed by atoms with Gasteiger partial charge in [-0.05, 0) is 33.6 Å². The second-order valence-corrected chi connectivity index (χ2v) is 4.83. The maximum atomic E-state index is 11.4. The molecule has 1 rings (SSSR count). The second-order valence-electron chi connectivity index (χ2n) is 4.83. The number of aliphatic imine (C=N–C) groups is 1. The molecular weight excluding hydrogens is 369 g/mol. The molecule has 0 fully saturated rings. The molecule has 0 unspecified atom stereocenters. The van der Waals surface area contributed by atoms with Gasteiger partial charge in [0.25, 0.3) is 0 Å².